The van der Waals surface area contributed by atoms with Crippen molar-refractivity contribution in [3.8, 4) is 0 Å². The van der Waals surface area contributed by atoms with E-state index >= 15 is 0 Å². The Balaban J connectivity index is 1.51. The van der Waals surface area contributed by atoms with Crippen LogP contribution in [-0.4, -0.2) is 41.9 Å². The zero-order valence-corrected chi connectivity index (χ0v) is 19.5. The molecule has 0 aromatic heterocycles. The fraction of sp³-hybridized carbons (Fsp3) is 0.273. The number of esters is 1. The zero-order valence-electron chi connectivity index (χ0n) is 17.2. The topological polar surface area (TPSA) is 105 Å². The van der Waals surface area contributed by atoms with Gasteiger partial charge in [-0.2, -0.15) is 0 Å². The van der Waals surface area contributed by atoms with Gasteiger partial charge in [0.1, 0.15) is 0 Å². The summed E-state index contributed by atoms with van der Waals surface area (Å²) >= 11 is 9.38. The van der Waals surface area contributed by atoms with Crippen molar-refractivity contribution in [3.63, 3.8) is 0 Å². The smallest absolute Gasteiger partial charge is 0.311 e. The van der Waals surface area contributed by atoms with Crippen LogP contribution in [0, 0.1) is 5.92 Å². The van der Waals surface area contributed by atoms with Gasteiger partial charge in [-0.1, -0.05) is 46.6 Å². The summed E-state index contributed by atoms with van der Waals surface area (Å²) in [5, 5.41) is 4.03. The molecule has 32 heavy (non-hydrogen) atoms. The lowest BCUT2D eigenvalue weighted by Gasteiger charge is -2.18. The molecule has 1 fully saturated rings. The Morgan fingerprint density at radius 3 is 2.69 bits per heavy atom. The van der Waals surface area contributed by atoms with Gasteiger partial charge in [0.15, 0.2) is 6.61 Å². The predicted octanol–water partition coefficient (Wildman–Crippen LogP) is 3.34. The number of anilines is 1. The minimum atomic E-state index is -0.791. The summed E-state index contributed by atoms with van der Waals surface area (Å²) in [6.07, 6.45) is 0.588. The van der Waals surface area contributed by atoms with E-state index in [0.29, 0.717) is 5.69 Å². The Kier molecular flexibility index (Phi) is 7.87. The summed E-state index contributed by atoms with van der Waals surface area (Å²) < 4.78 is 5.99. The van der Waals surface area contributed by atoms with E-state index in [2.05, 4.69) is 26.7 Å². The van der Waals surface area contributed by atoms with Crippen LogP contribution >= 0.6 is 27.5 Å². The number of benzene rings is 2. The Morgan fingerprint density at radius 1 is 1.22 bits per heavy atom. The molecule has 10 heteroatoms. The molecule has 0 spiro atoms. The summed E-state index contributed by atoms with van der Waals surface area (Å²) in [6, 6.07) is 11.9. The zero-order chi connectivity index (χ0) is 23.3. The summed E-state index contributed by atoms with van der Waals surface area (Å²) in [5.41, 5.74) is 4.24. The predicted molar refractivity (Wildman–Crippen MR) is 122 cm³/mol. The number of halogens is 2. The maximum atomic E-state index is 12.3. The molecule has 0 radical (unpaired) electrons. The molecule has 3 rings (SSSR count). The molecule has 2 N–H and O–H groups in total. The van der Waals surface area contributed by atoms with Gasteiger partial charge in [0.2, 0.25) is 5.91 Å². The molecule has 1 heterocycles. The number of hydrogen-bond acceptors (Lipinski definition) is 5. The van der Waals surface area contributed by atoms with Gasteiger partial charge in [0.25, 0.3) is 11.8 Å². The van der Waals surface area contributed by atoms with Gasteiger partial charge in [-0.3, -0.25) is 29.6 Å². The first-order valence-electron chi connectivity index (χ1n) is 9.89. The minimum absolute atomic E-state index is 0.0534. The van der Waals surface area contributed by atoms with Gasteiger partial charge in [0.05, 0.1) is 23.0 Å². The van der Waals surface area contributed by atoms with E-state index in [1.807, 2.05) is 13.0 Å². The van der Waals surface area contributed by atoms with E-state index < -0.39 is 36.2 Å². The quantitative estimate of drug-likeness (QED) is 0.543. The van der Waals surface area contributed by atoms with Crippen molar-refractivity contribution in [1.82, 2.24) is 10.4 Å². The first-order chi connectivity index (χ1) is 15.3. The van der Waals surface area contributed by atoms with Gasteiger partial charge in [-0.25, -0.2) is 0 Å². The molecule has 3 amide bonds. The SMILES string of the molecule is CCc1cc(Br)ccc1NC(=O)COC(=O)[C@@H]1CC(=O)N(NC(=O)c2ccccc2Cl)C1. The molecule has 1 saturated heterocycles. The molecule has 8 nitrogen and oxygen atoms in total. The minimum Gasteiger partial charge on any atom is -0.455 e. The highest BCUT2D eigenvalue weighted by Crippen LogP contribution is 2.22. The van der Waals surface area contributed by atoms with Crippen LogP contribution in [-0.2, 0) is 25.5 Å². The number of ether oxygens (including phenoxy) is 1. The fourth-order valence-electron chi connectivity index (χ4n) is 3.22. The molecule has 2 aromatic carbocycles. The Labute approximate surface area is 198 Å². The third-order valence-corrected chi connectivity index (χ3v) is 5.70. The largest absolute Gasteiger partial charge is 0.455 e. The van der Waals surface area contributed by atoms with Gasteiger partial charge < -0.3 is 10.1 Å². The lowest BCUT2D eigenvalue weighted by atomic mass is 10.1. The van der Waals surface area contributed by atoms with E-state index in [9.17, 15) is 19.2 Å². The van der Waals surface area contributed by atoms with Gasteiger partial charge in [-0.15, -0.1) is 0 Å². The molecule has 0 aliphatic carbocycles. The fourth-order valence-corrected chi connectivity index (χ4v) is 3.85. The van der Waals surface area contributed by atoms with Crippen molar-refractivity contribution in [2.45, 2.75) is 19.8 Å². The number of rotatable bonds is 7. The number of carbonyl (C=O) groups is 4. The average molecular weight is 523 g/mol. The number of aryl methyl sites for hydroxylation is 1. The Hall–Kier alpha value is -2.91. The monoisotopic (exact) mass is 521 g/mol. The first-order valence-corrected chi connectivity index (χ1v) is 11.1. The highest BCUT2D eigenvalue weighted by atomic mass is 79.9. The normalized spacial score (nSPS) is 15.4. The lowest BCUT2D eigenvalue weighted by Crippen LogP contribution is -2.43. The standard InChI is InChI=1S/C22H21BrClN3O5/c1-2-13-9-15(23)7-8-18(13)25-19(28)12-32-22(31)14-10-20(29)27(11-14)26-21(30)16-5-3-4-6-17(16)24/h3-9,14H,2,10-12H2,1H3,(H,25,28)(H,26,30)/t14-/m1/s1. The second-order valence-corrected chi connectivity index (χ2v) is 8.46. The van der Waals surface area contributed by atoms with Crippen LogP contribution in [0.25, 0.3) is 0 Å². The number of carbonyl (C=O) groups excluding carboxylic acids is 4. The number of hydrogen-bond donors (Lipinski definition) is 2. The van der Waals surface area contributed by atoms with Crippen molar-refractivity contribution < 1.29 is 23.9 Å². The van der Waals surface area contributed by atoms with E-state index in [1.54, 1.807) is 30.3 Å². The molecular weight excluding hydrogens is 502 g/mol. The van der Waals surface area contributed by atoms with E-state index in [0.717, 1.165) is 21.5 Å². The van der Waals surface area contributed by atoms with Crippen molar-refractivity contribution in [2.75, 3.05) is 18.5 Å². The molecular formula is C22H21BrClN3O5. The Bertz CT molecular complexity index is 1060. The van der Waals surface area contributed by atoms with Crippen LogP contribution in [0.1, 0.15) is 29.3 Å². The molecule has 1 atom stereocenters. The average Bonchev–Trinajstić information content (AvgIpc) is 3.13. The second kappa shape index (κ2) is 10.6. The molecule has 1 aliphatic heterocycles. The van der Waals surface area contributed by atoms with Gasteiger partial charge in [0, 0.05) is 16.6 Å². The molecule has 2 aromatic rings. The van der Waals surface area contributed by atoms with Crippen LogP contribution in [0.5, 0.6) is 0 Å². The van der Waals surface area contributed by atoms with Crippen LogP contribution in [0.3, 0.4) is 0 Å². The summed E-state index contributed by atoms with van der Waals surface area (Å²) in [7, 11) is 0. The number of amides is 3. The molecule has 168 valence electrons. The summed E-state index contributed by atoms with van der Waals surface area (Å²) in [4.78, 5) is 49.1. The molecule has 0 unspecified atom stereocenters. The second-order valence-electron chi connectivity index (χ2n) is 7.14. The van der Waals surface area contributed by atoms with Crippen LogP contribution in [0.15, 0.2) is 46.9 Å². The third-order valence-electron chi connectivity index (χ3n) is 4.88. The van der Waals surface area contributed by atoms with Gasteiger partial charge >= 0.3 is 5.97 Å². The first kappa shape index (κ1) is 23.7. The molecule has 0 saturated carbocycles. The van der Waals surface area contributed by atoms with Crippen LogP contribution in [0.4, 0.5) is 5.69 Å². The van der Waals surface area contributed by atoms with Crippen molar-refractivity contribution in [3.05, 3.63) is 63.1 Å². The third kappa shape index (κ3) is 5.86. The van der Waals surface area contributed by atoms with Gasteiger partial charge in [-0.05, 0) is 42.3 Å². The summed E-state index contributed by atoms with van der Waals surface area (Å²) in [5.74, 6) is -2.95. The highest BCUT2D eigenvalue weighted by Gasteiger charge is 2.37. The van der Waals surface area contributed by atoms with Crippen molar-refractivity contribution >= 4 is 56.9 Å². The van der Waals surface area contributed by atoms with E-state index in [-0.39, 0.29) is 23.6 Å². The van der Waals surface area contributed by atoms with Crippen LogP contribution in [0.2, 0.25) is 5.02 Å². The Morgan fingerprint density at radius 2 is 1.97 bits per heavy atom. The van der Waals surface area contributed by atoms with Crippen molar-refractivity contribution in [2.24, 2.45) is 5.92 Å². The van der Waals surface area contributed by atoms with Crippen molar-refractivity contribution in [1.29, 1.82) is 0 Å². The summed E-state index contributed by atoms with van der Waals surface area (Å²) in [6.45, 7) is 1.43. The maximum absolute atomic E-state index is 12.3. The lowest BCUT2D eigenvalue weighted by molar-refractivity contribution is -0.151. The number of hydrazine groups is 1. The van der Waals surface area contributed by atoms with E-state index in [1.165, 1.54) is 6.07 Å². The maximum Gasteiger partial charge on any atom is 0.311 e. The van der Waals surface area contributed by atoms with E-state index in [4.69, 9.17) is 16.3 Å². The molecule has 1 aliphatic rings. The highest BCUT2D eigenvalue weighted by molar-refractivity contribution is 9.10. The number of nitrogens with one attached hydrogen (secondary N) is 2. The number of nitrogens with zero attached hydrogens (tertiary/aromatic N) is 1. The van der Waals surface area contributed by atoms with Crippen LogP contribution < -0.4 is 10.7 Å². The molecule has 0 bridgehead atoms.